The maximum Gasteiger partial charge on any atom is 0.0167 e. The van der Waals surface area contributed by atoms with Crippen LogP contribution in [-0.4, -0.2) is 49.1 Å². The normalized spacial score (nSPS) is 27.8. The van der Waals surface area contributed by atoms with E-state index in [9.17, 15) is 0 Å². The summed E-state index contributed by atoms with van der Waals surface area (Å²) < 4.78 is 0. The van der Waals surface area contributed by atoms with Crippen LogP contribution >= 0.6 is 0 Å². The zero-order chi connectivity index (χ0) is 16.2. The molecule has 0 N–H and O–H groups in total. The number of hydrogen-bond donors (Lipinski definition) is 0. The highest BCUT2D eigenvalue weighted by molar-refractivity contribution is 5.48. The number of hydrogen-bond acceptors (Lipinski definition) is 2. The lowest BCUT2D eigenvalue weighted by atomic mass is 9.84. The quantitative estimate of drug-likeness (QED) is 0.797. The molecule has 4 rings (SSSR count). The van der Waals surface area contributed by atoms with Crippen LogP contribution in [0.25, 0.3) is 6.08 Å². The van der Waals surface area contributed by atoms with Gasteiger partial charge in [-0.25, -0.2) is 0 Å². The Balaban J connectivity index is 1.17. The van der Waals surface area contributed by atoms with E-state index in [1.807, 2.05) is 0 Å². The predicted molar refractivity (Wildman–Crippen MR) is 102 cm³/mol. The van der Waals surface area contributed by atoms with Crippen LogP contribution in [0, 0.1) is 11.3 Å². The van der Waals surface area contributed by atoms with Gasteiger partial charge in [-0.3, -0.25) is 4.90 Å². The highest BCUT2D eigenvalue weighted by Crippen LogP contribution is 2.61. The lowest BCUT2D eigenvalue weighted by molar-refractivity contribution is 0.130. The van der Waals surface area contributed by atoms with Crippen LogP contribution in [0.3, 0.4) is 0 Å². The van der Waals surface area contributed by atoms with Crippen molar-refractivity contribution in [3.05, 3.63) is 42.0 Å². The van der Waals surface area contributed by atoms with Crippen molar-refractivity contribution in [2.45, 2.75) is 38.5 Å². The Morgan fingerprint density at radius 3 is 2.38 bits per heavy atom. The number of piperazine rings is 1. The van der Waals surface area contributed by atoms with Gasteiger partial charge in [0, 0.05) is 39.3 Å². The zero-order valence-electron chi connectivity index (χ0n) is 15.0. The molecule has 1 atom stereocenters. The Bertz CT molecular complexity index is 536. The standard InChI is InChI=1S/C22H32N2/c1-3-8-20(9-4-1)10-7-13-23-14-16-24(17-15-23)19-21-18-22(21)11-5-2-6-12-22/h1,3-4,7-10,21H,2,5-6,11-19H2/b10-7+. The van der Waals surface area contributed by atoms with Gasteiger partial charge >= 0.3 is 0 Å². The highest BCUT2D eigenvalue weighted by Gasteiger charge is 2.53. The number of rotatable bonds is 5. The third-order valence-electron chi connectivity index (χ3n) is 6.63. The van der Waals surface area contributed by atoms with Gasteiger partial charge < -0.3 is 4.90 Å². The molecule has 1 spiro atoms. The van der Waals surface area contributed by atoms with Gasteiger partial charge in [-0.2, -0.15) is 0 Å². The van der Waals surface area contributed by atoms with Crippen LogP contribution < -0.4 is 0 Å². The molecular formula is C22H32N2. The van der Waals surface area contributed by atoms with Crippen LogP contribution in [0.2, 0.25) is 0 Å². The Kier molecular flexibility index (Phi) is 5.05. The SMILES string of the molecule is C(=C\c1ccccc1)/CN1CCN(CC2CC23CCCCC3)CC1. The van der Waals surface area contributed by atoms with E-state index in [-0.39, 0.29) is 0 Å². The molecule has 2 heteroatoms. The molecule has 0 radical (unpaired) electrons. The molecule has 2 aliphatic carbocycles. The Morgan fingerprint density at radius 2 is 1.62 bits per heavy atom. The van der Waals surface area contributed by atoms with Gasteiger partial charge in [-0.1, -0.05) is 61.7 Å². The molecule has 0 amide bonds. The van der Waals surface area contributed by atoms with Crippen LogP contribution in [0.4, 0.5) is 0 Å². The molecule has 1 aromatic rings. The summed E-state index contributed by atoms with van der Waals surface area (Å²) in [7, 11) is 0. The fraction of sp³-hybridized carbons (Fsp3) is 0.636. The van der Waals surface area contributed by atoms with E-state index >= 15 is 0 Å². The first-order valence-corrected chi connectivity index (χ1v) is 10.0. The van der Waals surface area contributed by atoms with Gasteiger partial charge in [-0.05, 0) is 36.2 Å². The molecule has 0 bridgehead atoms. The minimum absolute atomic E-state index is 0.799. The largest absolute Gasteiger partial charge is 0.300 e. The number of nitrogens with zero attached hydrogens (tertiary/aromatic N) is 2. The maximum absolute atomic E-state index is 2.74. The molecule has 2 saturated carbocycles. The second kappa shape index (κ2) is 7.41. The van der Waals surface area contributed by atoms with Crippen molar-refractivity contribution in [2.75, 3.05) is 39.3 Å². The van der Waals surface area contributed by atoms with Crippen LogP contribution in [-0.2, 0) is 0 Å². The molecule has 1 saturated heterocycles. The van der Waals surface area contributed by atoms with Gasteiger partial charge in [0.25, 0.3) is 0 Å². The summed E-state index contributed by atoms with van der Waals surface area (Å²) in [4.78, 5) is 5.34. The second-order valence-corrected chi connectivity index (χ2v) is 8.24. The van der Waals surface area contributed by atoms with Gasteiger partial charge in [0.05, 0.1) is 0 Å². The first-order chi connectivity index (χ1) is 11.8. The van der Waals surface area contributed by atoms with Gasteiger partial charge in [0.2, 0.25) is 0 Å². The average Bonchev–Trinajstić information content (AvgIpc) is 3.28. The molecule has 1 unspecified atom stereocenters. The van der Waals surface area contributed by atoms with E-state index in [1.165, 1.54) is 76.8 Å². The molecule has 3 aliphatic rings. The summed E-state index contributed by atoms with van der Waals surface area (Å²) in [5.41, 5.74) is 2.11. The summed E-state index contributed by atoms with van der Waals surface area (Å²) in [6.07, 6.45) is 13.7. The lowest BCUT2D eigenvalue weighted by Crippen LogP contribution is -2.47. The summed E-state index contributed by atoms with van der Waals surface area (Å²) in [5.74, 6) is 1.03. The molecule has 130 valence electrons. The zero-order valence-corrected chi connectivity index (χ0v) is 15.0. The van der Waals surface area contributed by atoms with E-state index in [1.54, 1.807) is 0 Å². The van der Waals surface area contributed by atoms with Crippen molar-refractivity contribution in [3.8, 4) is 0 Å². The highest BCUT2D eigenvalue weighted by atomic mass is 15.3. The topological polar surface area (TPSA) is 6.48 Å². The molecule has 1 aliphatic heterocycles. The summed E-state index contributed by atoms with van der Waals surface area (Å²) in [6, 6.07) is 10.6. The van der Waals surface area contributed by atoms with Crippen LogP contribution in [0.15, 0.2) is 36.4 Å². The van der Waals surface area contributed by atoms with Gasteiger partial charge in [0.15, 0.2) is 0 Å². The van der Waals surface area contributed by atoms with E-state index in [4.69, 9.17) is 0 Å². The first kappa shape index (κ1) is 16.4. The van der Waals surface area contributed by atoms with E-state index in [0.717, 1.165) is 17.9 Å². The minimum atomic E-state index is 0.799. The van der Waals surface area contributed by atoms with E-state index < -0.39 is 0 Å². The average molecular weight is 325 g/mol. The van der Waals surface area contributed by atoms with Crippen molar-refractivity contribution in [1.82, 2.24) is 9.80 Å². The van der Waals surface area contributed by atoms with Crippen molar-refractivity contribution < 1.29 is 0 Å². The molecule has 1 aromatic carbocycles. The van der Waals surface area contributed by atoms with E-state index in [0.29, 0.717) is 0 Å². The van der Waals surface area contributed by atoms with Crippen LogP contribution in [0.1, 0.15) is 44.1 Å². The molecular weight excluding hydrogens is 292 g/mol. The molecule has 2 nitrogen and oxygen atoms in total. The number of benzene rings is 1. The van der Waals surface area contributed by atoms with Gasteiger partial charge in [0.1, 0.15) is 0 Å². The molecule has 24 heavy (non-hydrogen) atoms. The predicted octanol–water partition coefficient (Wildman–Crippen LogP) is 4.29. The van der Waals surface area contributed by atoms with Crippen molar-refractivity contribution >= 4 is 6.08 Å². The first-order valence-electron chi connectivity index (χ1n) is 10.0. The summed E-state index contributed by atoms with van der Waals surface area (Å²) in [5, 5.41) is 0. The fourth-order valence-electron chi connectivity index (χ4n) is 4.93. The molecule has 0 aromatic heterocycles. The lowest BCUT2D eigenvalue weighted by Gasteiger charge is -2.35. The van der Waals surface area contributed by atoms with E-state index in [2.05, 4.69) is 52.3 Å². The smallest absolute Gasteiger partial charge is 0.0167 e. The van der Waals surface area contributed by atoms with Crippen molar-refractivity contribution in [3.63, 3.8) is 0 Å². The summed E-state index contributed by atoms with van der Waals surface area (Å²) >= 11 is 0. The van der Waals surface area contributed by atoms with Crippen molar-refractivity contribution in [1.29, 1.82) is 0 Å². The van der Waals surface area contributed by atoms with Crippen LogP contribution in [0.5, 0.6) is 0 Å². The fourth-order valence-corrected chi connectivity index (χ4v) is 4.93. The third kappa shape index (κ3) is 3.92. The monoisotopic (exact) mass is 324 g/mol. The summed E-state index contributed by atoms with van der Waals surface area (Å²) in [6.45, 7) is 7.49. The third-order valence-corrected chi connectivity index (χ3v) is 6.63. The Morgan fingerprint density at radius 1 is 0.917 bits per heavy atom. The Labute approximate surface area is 147 Å². The second-order valence-electron chi connectivity index (χ2n) is 8.24. The maximum atomic E-state index is 2.74. The Hall–Kier alpha value is -1.12. The molecule has 1 heterocycles. The van der Waals surface area contributed by atoms with Gasteiger partial charge in [-0.15, -0.1) is 0 Å². The minimum Gasteiger partial charge on any atom is -0.300 e. The van der Waals surface area contributed by atoms with Crippen molar-refractivity contribution in [2.24, 2.45) is 11.3 Å². The molecule has 3 fully saturated rings.